The fourth-order valence-corrected chi connectivity index (χ4v) is 1.24. The van der Waals surface area contributed by atoms with Crippen molar-refractivity contribution in [1.29, 1.82) is 0 Å². The summed E-state index contributed by atoms with van der Waals surface area (Å²) in [5, 5.41) is 9.35. The fourth-order valence-electron chi connectivity index (χ4n) is 1.24. The molecule has 0 unspecified atom stereocenters. The number of rotatable bonds is 2. The van der Waals surface area contributed by atoms with Crippen molar-refractivity contribution < 1.29 is 5.21 Å². The summed E-state index contributed by atoms with van der Waals surface area (Å²) in [6.07, 6.45) is 3.24. The number of pyridine rings is 1. The first-order valence-corrected chi connectivity index (χ1v) is 4.55. The molecule has 0 radical (unpaired) electrons. The van der Waals surface area contributed by atoms with Gasteiger partial charge in [-0.3, -0.25) is 0 Å². The van der Waals surface area contributed by atoms with Gasteiger partial charge in [-0.1, -0.05) is 0 Å². The third-order valence-corrected chi connectivity index (χ3v) is 1.93. The number of hydrogen-bond acceptors (Lipinski definition) is 3. The number of fused-ring (bicyclic) bond motifs is 1. The SMILES string of the molecule is CN(C)C=Nc1ccc2c(ccn2O)n1. The van der Waals surface area contributed by atoms with Crippen molar-refractivity contribution in [2.24, 2.45) is 4.99 Å². The van der Waals surface area contributed by atoms with Crippen LogP contribution in [-0.2, 0) is 0 Å². The highest BCUT2D eigenvalue weighted by Crippen LogP contribution is 2.16. The van der Waals surface area contributed by atoms with Gasteiger partial charge in [-0.2, -0.15) is 4.73 Å². The van der Waals surface area contributed by atoms with Gasteiger partial charge in [-0.15, -0.1) is 0 Å². The van der Waals surface area contributed by atoms with Crippen LogP contribution >= 0.6 is 0 Å². The smallest absolute Gasteiger partial charge is 0.154 e. The van der Waals surface area contributed by atoms with Crippen LogP contribution in [0.4, 0.5) is 5.82 Å². The maximum Gasteiger partial charge on any atom is 0.154 e. The average molecular weight is 204 g/mol. The molecule has 0 aliphatic carbocycles. The molecule has 78 valence electrons. The Morgan fingerprint density at radius 2 is 2.20 bits per heavy atom. The maximum atomic E-state index is 9.35. The lowest BCUT2D eigenvalue weighted by molar-refractivity contribution is 0.200. The molecular formula is C10H12N4O. The largest absolute Gasteiger partial charge is 0.428 e. The zero-order valence-corrected chi connectivity index (χ0v) is 8.62. The molecule has 5 nitrogen and oxygen atoms in total. The van der Waals surface area contributed by atoms with E-state index in [1.165, 1.54) is 0 Å². The van der Waals surface area contributed by atoms with Gasteiger partial charge in [-0.05, 0) is 18.2 Å². The molecule has 0 bridgehead atoms. The predicted octanol–water partition coefficient (Wildman–Crippen LogP) is 1.49. The summed E-state index contributed by atoms with van der Waals surface area (Å²) in [5.74, 6) is 0.627. The normalized spacial score (nSPS) is 11.3. The van der Waals surface area contributed by atoms with E-state index in [1.807, 2.05) is 19.0 Å². The lowest BCUT2D eigenvalue weighted by atomic mass is 10.4. The van der Waals surface area contributed by atoms with Gasteiger partial charge < -0.3 is 10.1 Å². The minimum Gasteiger partial charge on any atom is -0.428 e. The van der Waals surface area contributed by atoms with Crippen molar-refractivity contribution >= 4 is 23.2 Å². The second-order valence-corrected chi connectivity index (χ2v) is 3.44. The van der Waals surface area contributed by atoms with E-state index in [-0.39, 0.29) is 0 Å². The number of aromatic nitrogens is 2. The molecule has 0 fully saturated rings. The van der Waals surface area contributed by atoms with Crippen molar-refractivity contribution in [2.45, 2.75) is 0 Å². The van der Waals surface area contributed by atoms with E-state index in [1.54, 1.807) is 30.7 Å². The number of aliphatic imine (C=N–C) groups is 1. The molecule has 0 spiro atoms. The Morgan fingerprint density at radius 3 is 2.93 bits per heavy atom. The molecule has 0 saturated carbocycles. The summed E-state index contributed by atoms with van der Waals surface area (Å²) in [6.45, 7) is 0. The van der Waals surface area contributed by atoms with Gasteiger partial charge in [0.05, 0.1) is 11.9 Å². The van der Waals surface area contributed by atoms with Crippen LogP contribution in [0, 0.1) is 0 Å². The zero-order chi connectivity index (χ0) is 10.8. The van der Waals surface area contributed by atoms with Crippen LogP contribution in [0.2, 0.25) is 0 Å². The molecule has 5 heteroatoms. The van der Waals surface area contributed by atoms with E-state index in [0.717, 1.165) is 10.2 Å². The van der Waals surface area contributed by atoms with Crippen LogP contribution in [0.3, 0.4) is 0 Å². The lowest BCUT2D eigenvalue weighted by Gasteiger charge is -2.01. The summed E-state index contributed by atoms with van der Waals surface area (Å²) in [7, 11) is 3.79. The topological polar surface area (TPSA) is 53.7 Å². The predicted molar refractivity (Wildman–Crippen MR) is 58.8 cm³/mol. The quantitative estimate of drug-likeness (QED) is 0.458. The van der Waals surface area contributed by atoms with Gasteiger partial charge in [0, 0.05) is 20.3 Å². The Labute approximate surface area is 87.3 Å². The molecule has 2 rings (SSSR count). The molecule has 0 aliphatic rings. The Balaban J connectivity index is 2.39. The molecule has 2 aromatic rings. The summed E-state index contributed by atoms with van der Waals surface area (Å²) in [6, 6.07) is 5.28. The van der Waals surface area contributed by atoms with Crippen molar-refractivity contribution in [3.8, 4) is 0 Å². The van der Waals surface area contributed by atoms with Gasteiger partial charge in [0.1, 0.15) is 5.52 Å². The summed E-state index contributed by atoms with van der Waals surface area (Å²) in [5.41, 5.74) is 1.41. The van der Waals surface area contributed by atoms with Crippen LogP contribution < -0.4 is 0 Å². The highest BCUT2D eigenvalue weighted by molar-refractivity contribution is 5.77. The molecule has 15 heavy (non-hydrogen) atoms. The van der Waals surface area contributed by atoms with Crippen LogP contribution in [0.25, 0.3) is 11.0 Å². The minimum absolute atomic E-state index is 0.627. The Morgan fingerprint density at radius 1 is 1.40 bits per heavy atom. The van der Waals surface area contributed by atoms with Crippen LogP contribution in [0.1, 0.15) is 0 Å². The third kappa shape index (κ3) is 1.90. The third-order valence-electron chi connectivity index (χ3n) is 1.93. The molecule has 0 atom stereocenters. The van der Waals surface area contributed by atoms with Crippen molar-refractivity contribution in [3.05, 3.63) is 24.4 Å². The second kappa shape index (κ2) is 3.61. The van der Waals surface area contributed by atoms with E-state index in [4.69, 9.17) is 0 Å². The van der Waals surface area contributed by atoms with Crippen molar-refractivity contribution in [3.63, 3.8) is 0 Å². The van der Waals surface area contributed by atoms with Gasteiger partial charge in [0.15, 0.2) is 5.82 Å². The van der Waals surface area contributed by atoms with E-state index in [0.29, 0.717) is 11.3 Å². The van der Waals surface area contributed by atoms with Gasteiger partial charge in [-0.25, -0.2) is 9.98 Å². The molecule has 2 heterocycles. The Bertz CT molecular complexity index is 501. The molecule has 2 aromatic heterocycles. The van der Waals surface area contributed by atoms with Crippen LogP contribution in [0.15, 0.2) is 29.4 Å². The van der Waals surface area contributed by atoms with Crippen LogP contribution in [-0.4, -0.2) is 40.3 Å². The maximum absolute atomic E-state index is 9.35. The van der Waals surface area contributed by atoms with Crippen molar-refractivity contribution in [2.75, 3.05) is 14.1 Å². The number of hydrogen-bond donors (Lipinski definition) is 1. The van der Waals surface area contributed by atoms with E-state index >= 15 is 0 Å². The van der Waals surface area contributed by atoms with E-state index in [2.05, 4.69) is 9.98 Å². The first-order chi connectivity index (χ1) is 7.16. The standard InChI is InChI=1S/C10H12N4O/c1-13(2)7-11-10-4-3-9-8(12-10)5-6-14(9)15/h3-7,15H,1-2H3. The summed E-state index contributed by atoms with van der Waals surface area (Å²) < 4.78 is 1.04. The molecule has 1 N–H and O–H groups in total. The van der Waals surface area contributed by atoms with E-state index < -0.39 is 0 Å². The monoisotopic (exact) mass is 204 g/mol. The molecule has 0 aromatic carbocycles. The summed E-state index contributed by atoms with van der Waals surface area (Å²) in [4.78, 5) is 10.3. The highest BCUT2D eigenvalue weighted by Gasteiger charge is 2.01. The van der Waals surface area contributed by atoms with Gasteiger partial charge >= 0.3 is 0 Å². The Kier molecular flexibility index (Phi) is 2.29. The highest BCUT2D eigenvalue weighted by atomic mass is 16.5. The molecule has 0 aliphatic heterocycles. The lowest BCUT2D eigenvalue weighted by Crippen LogP contribution is -2.07. The number of nitrogens with zero attached hydrogens (tertiary/aromatic N) is 4. The zero-order valence-electron chi connectivity index (χ0n) is 8.62. The van der Waals surface area contributed by atoms with Gasteiger partial charge in [0.25, 0.3) is 0 Å². The first kappa shape index (κ1) is 9.51. The molecule has 0 saturated heterocycles. The first-order valence-electron chi connectivity index (χ1n) is 4.55. The minimum atomic E-state index is 0.627. The van der Waals surface area contributed by atoms with Gasteiger partial charge in [0.2, 0.25) is 0 Å². The van der Waals surface area contributed by atoms with Crippen LogP contribution in [0.5, 0.6) is 0 Å². The Hall–Kier alpha value is -2.04. The second-order valence-electron chi connectivity index (χ2n) is 3.44. The molecular weight excluding hydrogens is 192 g/mol. The fraction of sp³-hybridized carbons (Fsp3) is 0.200. The van der Waals surface area contributed by atoms with Crippen molar-refractivity contribution in [1.82, 2.24) is 14.6 Å². The summed E-state index contributed by atoms with van der Waals surface area (Å²) >= 11 is 0. The molecule has 0 amide bonds. The average Bonchev–Trinajstić information content (AvgIpc) is 2.57. The van der Waals surface area contributed by atoms with E-state index in [9.17, 15) is 5.21 Å².